The van der Waals surface area contributed by atoms with Crippen LogP contribution in [0.25, 0.3) is 0 Å². The van der Waals surface area contributed by atoms with E-state index in [0.29, 0.717) is 13.0 Å². The summed E-state index contributed by atoms with van der Waals surface area (Å²) in [5, 5.41) is 5.83. The van der Waals surface area contributed by atoms with Crippen LogP contribution in [0.2, 0.25) is 0 Å². The van der Waals surface area contributed by atoms with E-state index in [4.69, 9.17) is 0 Å². The molecule has 6 nitrogen and oxygen atoms in total. The van der Waals surface area contributed by atoms with Gasteiger partial charge in [-0.05, 0) is 6.42 Å². The molecule has 0 radical (unpaired) electrons. The van der Waals surface area contributed by atoms with Crippen LogP contribution >= 0.6 is 0 Å². The molecule has 0 aromatic carbocycles. The molecule has 88 valence electrons. The first-order valence-electron chi connectivity index (χ1n) is 5.41. The molecule has 0 spiro atoms. The fourth-order valence-corrected chi connectivity index (χ4v) is 2.03. The van der Waals surface area contributed by atoms with Gasteiger partial charge in [-0.1, -0.05) is 0 Å². The van der Waals surface area contributed by atoms with Crippen LogP contribution in [0.4, 0.5) is 0 Å². The van der Waals surface area contributed by atoms with Crippen molar-refractivity contribution in [2.75, 3.05) is 13.6 Å². The van der Waals surface area contributed by atoms with Crippen molar-refractivity contribution in [2.45, 2.75) is 31.3 Å². The number of hydrogen-bond acceptors (Lipinski definition) is 4. The van der Waals surface area contributed by atoms with E-state index >= 15 is 0 Å². The largest absolute Gasteiger partial charge is 0.352 e. The van der Waals surface area contributed by atoms with Crippen LogP contribution in [-0.2, 0) is 14.4 Å². The maximum atomic E-state index is 11.5. The molecule has 0 bridgehead atoms. The molecule has 2 N–H and O–H groups in total. The lowest BCUT2D eigenvalue weighted by Crippen LogP contribution is -2.43. The van der Waals surface area contributed by atoms with Gasteiger partial charge in [0, 0.05) is 26.1 Å². The molecule has 3 amide bonds. The zero-order valence-corrected chi connectivity index (χ0v) is 9.16. The second-order valence-corrected chi connectivity index (χ2v) is 4.26. The molecule has 2 unspecified atom stereocenters. The Morgan fingerprint density at radius 3 is 2.69 bits per heavy atom. The predicted octanol–water partition coefficient (Wildman–Crippen LogP) is -1.39. The van der Waals surface area contributed by atoms with Crippen LogP contribution in [0.1, 0.15) is 19.3 Å². The summed E-state index contributed by atoms with van der Waals surface area (Å²) in [5.41, 5.74) is 0. The van der Waals surface area contributed by atoms with Gasteiger partial charge in [-0.25, -0.2) is 0 Å². The number of imide groups is 1. The Bertz CT molecular complexity index is 342. The van der Waals surface area contributed by atoms with Crippen molar-refractivity contribution in [2.24, 2.45) is 0 Å². The Balaban J connectivity index is 1.81. The minimum atomic E-state index is -0.421. The van der Waals surface area contributed by atoms with Gasteiger partial charge < -0.3 is 10.6 Å². The van der Waals surface area contributed by atoms with Gasteiger partial charge in [-0.2, -0.15) is 0 Å². The molecule has 0 aromatic rings. The van der Waals surface area contributed by atoms with E-state index in [0.717, 1.165) is 11.3 Å². The lowest BCUT2D eigenvalue weighted by atomic mass is 10.2. The average Bonchev–Trinajstić information content (AvgIpc) is 2.76. The number of likely N-dealkylation sites (tertiary alicyclic amines) is 1. The Hall–Kier alpha value is -1.43. The van der Waals surface area contributed by atoms with Crippen molar-refractivity contribution in [1.29, 1.82) is 0 Å². The number of nitrogens with one attached hydrogen (secondary N) is 2. The van der Waals surface area contributed by atoms with Gasteiger partial charge in [-0.15, -0.1) is 0 Å². The number of rotatable bonds is 3. The summed E-state index contributed by atoms with van der Waals surface area (Å²) in [6.45, 7) is 0.545. The number of hydrogen-bond donors (Lipinski definition) is 2. The number of carbonyl (C=O) groups excluding carboxylic acids is 3. The van der Waals surface area contributed by atoms with Crippen molar-refractivity contribution in [3.05, 3.63) is 0 Å². The highest BCUT2D eigenvalue weighted by Gasteiger charge is 2.36. The van der Waals surface area contributed by atoms with Gasteiger partial charge in [-0.3, -0.25) is 19.3 Å². The Morgan fingerprint density at radius 1 is 1.44 bits per heavy atom. The van der Waals surface area contributed by atoms with Crippen molar-refractivity contribution in [3.63, 3.8) is 0 Å². The van der Waals surface area contributed by atoms with Crippen LogP contribution in [0.3, 0.4) is 0 Å². The third-order valence-electron chi connectivity index (χ3n) is 3.08. The normalized spacial score (nSPS) is 30.1. The highest BCUT2D eigenvalue weighted by atomic mass is 16.2. The Kier molecular flexibility index (Phi) is 2.91. The molecule has 2 atom stereocenters. The summed E-state index contributed by atoms with van der Waals surface area (Å²) >= 11 is 0. The second kappa shape index (κ2) is 4.21. The minimum Gasteiger partial charge on any atom is -0.352 e. The van der Waals surface area contributed by atoms with Crippen molar-refractivity contribution in [1.82, 2.24) is 15.5 Å². The monoisotopic (exact) mass is 225 g/mol. The standard InChI is InChI=1S/C10H15N3O3/c1-13-9(15)4-7(10(13)16)11-5-6-2-3-8(14)12-6/h6-7,11H,2-5H2,1H3,(H,12,14). The minimum absolute atomic E-state index is 0.0535. The van der Waals surface area contributed by atoms with E-state index in [2.05, 4.69) is 10.6 Å². The quantitative estimate of drug-likeness (QED) is 0.580. The zero-order chi connectivity index (χ0) is 11.7. The topological polar surface area (TPSA) is 78.5 Å². The first-order chi connectivity index (χ1) is 7.58. The van der Waals surface area contributed by atoms with Crippen molar-refractivity contribution >= 4 is 17.7 Å². The van der Waals surface area contributed by atoms with Crippen LogP contribution < -0.4 is 10.6 Å². The summed E-state index contributed by atoms with van der Waals surface area (Å²) < 4.78 is 0. The van der Waals surface area contributed by atoms with Gasteiger partial charge in [0.05, 0.1) is 12.5 Å². The molecule has 0 aromatic heterocycles. The van der Waals surface area contributed by atoms with Gasteiger partial charge in [0.15, 0.2) is 0 Å². The third kappa shape index (κ3) is 2.06. The van der Waals surface area contributed by atoms with Crippen molar-refractivity contribution < 1.29 is 14.4 Å². The number of likely N-dealkylation sites (N-methyl/N-ethyl adjacent to an activating group) is 1. The summed E-state index contributed by atoms with van der Waals surface area (Å²) in [5.74, 6) is -0.287. The Morgan fingerprint density at radius 2 is 2.19 bits per heavy atom. The SMILES string of the molecule is CN1C(=O)CC(NCC2CCC(=O)N2)C1=O. The first-order valence-corrected chi connectivity index (χ1v) is 5.41. The molecule has 16 heavy (non-hydrogen) atoms. The molecule has 2 saturated heterocycles. The summed E-state index contributed by atoms with van der Waals surface area (Å²) in [6, 6.07) is -0.337. The smallest absolute Gasteiger partial charge is 0.246 e. The second-order valence-electron chi connectivity index (χ2n) is 4.26. The summed E-state index contributed by atoms with van der Waals surface area (Å²) in [7, 11) is 1.49. The fourth-order valence-electron chi connectivity index (χ4n) is 2.03. The van der Waals surface area contributed by atoms with E-state index in [9.17, 15) is 14.4 Å². The predicted molar refractivity (Wildman–Crippen MR) is 55.3 cm³/mol. The van der Waals surface area contributed by atoms with Crippen LogP contribution in [-0.4, -0.2) is 48.3 Å². The van der Waals surface area contributed by atoms with Crippen LogP contribution in [0.15, 0.2) is 0 Å². The molecular formula is C10H15N3O3. The summed E-state index contributed by atoms with van der Waals surface area (Å²) in [4.78, 5) is 34.9. The number of carbonyl (C=O) groups is 3. The molecule has 2 aliphatic heterocycles. The molecular weight excluding hydrogens is 210 g/mol. The fraction of sp³-hybridized carbons (Fsp3) is 0.700. The lowest BCUT2D eigenvalue weighted by Gasteiger charge is -2.14. The first kappa shape index (κ1) is 11.1. The molecule has 2 aliphatic rings. The van der Waals surface area contributed by atoms with Crippen molar-refractivity contribution in [3.8, 4) is 0 Å². The zero-order valence-electron chi connectivity index (χ0n) is 9.16. The summed E-state index contributed by atoms with van der Waals surface area (Å²) in [6.07, 6.45) is 1.55. The highest BCUT2D eigenvalue weighted by Crippen LogP contribution is 2.11. The molecule has 0 aliphatic carbocycles. The van der Waals surface area contributed by atoms with E-state index in [1.54, 1.807) is 0 Å². The average molecular weight is 225 g/mol. The maximum absolute atomic E-state index is 11.5. The van der Waals surface area contributed by atoms with Crippen LogP contribution in [0, 0.1) is 0 Å². The number of nitrogens with zero attached hydrogens (tertiary/aromatic N) is 1. The molecule has 0 saturated carbocycles. The van der Waals surface area contributed by atoms with Gasteiger partial charge in [0.1, 0.15) is 0 Å². The van der Waals surface area contributed by atoms with E-state index in [1.807, 2.05) is 0 Å². The number of amides is 3. The maximum Gasteiger partial charge on any atom is 0.246 e. The van der Waals surface area contributed by atoms with E-state index < -0.39 is 6.04 Å². The van der Waals surface area contributed by atoms with E-state index in [-0.39, 0.29) is 30.2 Å². The molecule has 2 fully saturated rings. The van der Waals surface area contributed by atoms with Gasteiger partial charge in [0.25, 0.3) is 0 Å². The van der Waals surface area contributed by atoms with Gasteiger partial charge >= 0.3 is 0 Å². The molecule has 2 heterocycles. The molecule has 6 heteroatoms. The lowest BCUT2D eigenvalue weighted by molar-refractivity contribution is -0.137. The third-order valence-corrected chi connectivity index (χ3v) is 3.08. The highest BCUT2D eigenvalue weighted by molar-refractivity contribution is 6.05. The van der Waals surface area contributed by atoms with Crippen LogP contribution in [0.5, 0.6) is 0 Å². The Labute approximate surface area is 93.4 Å². The molecule has 2 rings (SSSR count). The van der Waals surface area contributed by atoms with E-state index in [1.165, 1.54) is 7.05 Å². The van der Waals surface area contributed by atoms with Gasteiger partial charge in [0.2, 0.25) is 17.7 Å².